The summed E-state index contributed by atoms with van der Waals surface area (Å²) in [7, 11) is 0. The molecule has 0 fully saturated rings. The van der Waals surface area contributed by atoms with Crippen molar-refractivity contribution >= 4 is 27.3 Å². The summed E-state index contributed by atoms with van der Waals surface area (Å²) in [5, 5.41) is 10.0. The van der Waals surface area contributed by atoms with Gasteiger partial charge >= 0.3 is 0 Å². The van der Waals surface area contributed by atoms with Gasteiger partial charge in [-0.3, -0.25) is 0 Å². The van der Waals surface area contributed by atoms with Gasteiger partial charge in [-0.1, -0.05) is 20.3 Å². The molecule has 3 heteroatoms. The first-order valence-electron chi connectivity index (χ1n) is 4.98. The Kier molecular flexibility index (Phi) is 4.61. The summed E-state index contributed by atoms with van der Waals surface area (Å²) in [6.07, 6.45) is 1.69. The fourth-order valence-electron chi connectivity index (χ4n) is 1.46. The second-order valence-electron chi connectivity index (χ2n) is 3.83. The van der Waals surface area contributed by atoms with Gasteiger partial charge in [0.05, 0.1) is 9.89 Å². The number of thiophene rings is 1. The van der Waals surface area contributed by atoms with E-state index in [1.165, 1.54) is 4.88 Å². The second kappa shape index (κ2) is 5.29. The Morgan fingerprint density at radius 1 is 1.57 bits per heavy atom. The highest BCUT2D eigenvalue weighted by Gasteiger charge is 2.15. The van der Waals surface area contributed by atoms with Gasteiger partial charge in [-0.15, -0.1) is 11.3 Å². The Bertz CT molecular complexity index is 295. The van der Waals surface area contributed by atoms with Crippen molar-refractivity contribution in [3.63, 3.8) is 0 Å². The average Bonchev–Trinajstić information content (AvgIpc) is 2.45. The van der Waals surface area contributed by atoms with Crippen LogP contribution in [0.3, 0.4) is 0 Å². The molecule has 0 aromatic carbocycles. The van der Waals surface area contributed by atoms with Gasteiger partial charge in [0, 0.05) is 4.88 Å². The molecule has 2 atom stereocenters. The minimum absolute atomic E-state index is 0.299. The first kappa shape index (κ1) is 12.2. The third kappa shape index (κ3) is 3.07. The molecule has 2 unspecified atom stereocenters. The molecule has 14 heavy (non-hydrogen) atoms. The van der Waals surface area contributed by atoms with E-state index in [0.29, 0.717) is 5.92 Å². The van der Waals surface area contributed by atoms with Crippen molar-refractivity contribution in [2.75, 3.05) is 0 Å². The number of hydrogen-bond donors (Lipinski definition) is 1. The van der Waals surface area contributed by atoms with Gasteiger partial charge in [-0.2, -0.15) is 0 Å². The van der Waals surface area contributed by atoms with E-state index in [9.17, 15) is 5.11 Å². The topological polar surface area (TPSA) is 20.2 Å². The van der Waals surface area contributed by atoms with Crippen LogP contribution in [0.5, 0.6) is 0 Å². The van der Waals surface area contributed by atoms with Crippen LogP contribution >= 0.6 is 27.3 Å². The monoisotopic (exact) mass is 276 g/mol. The van der Waals surface area contributed by atoms with Crippen LogP contribution in [0.25, 0.3) is 0 Å². The molecule has 1 rings (SSSR count). The van der Waals surface area contributed by atoms with E-state index in [1.807, 2.05) is 6.07 Å². The molecule has 0 radical (unpaired) electrons. The van der Waals surface area contributed by atoms with E-state index < -0.39 is 0 Å². The van der Waals surface area contributed by atoms with Crippen molar-refractivity contribution < 1.29 is 5.11 Å². The summed E-state index contributed by atoms with van der Waals surface area (Å²) in [6, 6.07) is 2.03. The lowest BCUT2D eigenvalue weighted by atomic mass is 9.97. The van der Waals surface area contributed by atoms with E-state index >= 15 is 0 Å². The number of aliphatic hydroxyl groups excluding tert-OH is 1. The van der Waals surface area contributed by atoms with Crippen molar-refractivity contribution in [2.45, 2.75) is 39.7 Å². The Hall–Kier alpha value is 0.140. The molecule has 1 aromatic rings. The van der Waals surface area contributed by atoms with Gasteiger partial charge in [-0.25, -0.2) is 0 Å². The number of rotatable bonds is 4. The van der Waals surface area contributed by atoms with Crippen molar-refractivity contribution in [3.05, 3.63) is 20.3 Å². The molecular formula is C11H17BrOS. The molecule has 0 aliphatic rings. The maximum atomic E-state index is 10.0. The summed E-state index contributed by atoms with van der Waals surface area (Å²) in [5.74, 6) is 0.586. The number of halogens is 1. The van der Waals surface area contributed by atoms with Gasteiger partial charge in [0.15, 0.2) is 0 Å². The van der Waals surface area contributed by atoms with E-state index in [2.05, 4.69) is 36.7 Å². The molecule has 80 valence electrons. The summed E-state index contributed by atoms with van der Waals surface area (Å²) in [5.41, 5.74) is 1.09. The molecule has 0 amide bonds. The fourth-order valence-corrected chi connectivity index (χ4v) is 3.23. The Labute approximate surface area is 98.3 Å². The molecule has 0 aliphatic carbocycles. The van der Waals surface area contributed by atoms with Crippen molar-refractivity contribution in [3.8, 4) is 0 Å². The smallest absolute Gasteiger partial charge is 0.0803 e. The van der Waals surface area contributed by atoms with Crippen LogP contribution in [0.1, 0.15) is 43.2 Å². The normalized spacial score (nSPS) is 15.5. The quantitative estimate of drug-likeness (QED) is 0.870. The summed E-state index contributed by atoms with van der Waals surface area (Å²) < 4.78 is 1.10. The van der Waals surface area contributed by atoms with Gasteiger partial charge in [0.2, 0.25) is 0 Å². The van der Waals surface area contributed by atoms with Gasteiger partial charge < -0.3 is 5.11 Å². The average molecular weight is 277 g/mol. The van der Waals surface area contributed by atoms with Crippen LogP contribution in [-0.2, 0) is 0 Å². The molecular weight excluding hydrogens is 260 g/mol. The molecule has 0 spiro atoms. The van der Waals surface area contributed by atoms with Gasteiger partial charge in [0.1, 0.15) is 0 Å². The number of aryl methyl sites for hydroxylation is 1. The highest BCUT2D eigenvalue weighted by atomic mass is 79.9. The zero-order valence-electron chi connectivity index (χ0n) is 8.88. The lowest BCUT2D eigenvalue weighted by Gasteiger charge is -2.14. The minimum atomic E-state index is -0.299. The molecule has 1 heterocycles. The molecule has 1 N–H and O–H groups in total. The Balaban J connectivity index is 2.69. The molecule has 0 saturated heterocycles. The molecule has 1 nitrogen and oxygen atoms in total. The zero-order valence-corrected chi connectivity index (χ0v) is 11.3. The second-order valence-corrected chi connectivity index (χ2v) is 6.46. The van der Waals surface area contributed by atoms with Crippen LogP contribution < -0.4 is 0 Å². The van der Waals surface area contributed by atoms with Crippen LogP contribution in [0.4, 0.5) is 0 Å². The van der Waals surface area contributed by atoms with Crippen molar-refractivity contribution in [1.82, 2.24) is 0 Å². The predicted molar refractivity (Wildman–Crippen MR) is 65.8 cm³/mol. The Morgan fingerprint density at radius 3 is 2.64 bits per heavy atom. The Morgan fingerprint density at radius 2 is 2.21 bits per heavy atom. The fraction of sp³-hybridized carbons (Fsp3) is 0.636. The van der Waals surface area contributed by atoms with Crippen LogP contribution in [-0.4, -0.2) is 5.11 Å². The SMILES string of the molecule is CCC(C)CC(O)c1cc(Br)sc1C. The molecule has 0 aliphatic heterocycles. The highest BCUT2D eigenvalue weighted by Crippen LogP contribution is 2.33. The molecule has 0 bridgehead atoms. The standard InChI is InChI=1S/C11H17BrOS/c1-4-7(2)5-10(13)9-6-11(12)14-8(9)3/h6-7,10,13H,4-5H2,1-3H3. The molecule has 1 aromatic heterocycles. The zero-order chi connectivity index (χ0) is 10.7. The van der Waals surface area contributed by atoms with E-state index in [-0.39, 0.29) is 6.10 Å². The summed E-state index contributed by atoms with van der Waals surface area (Å²) in [4.78, 5) is 1.22. The summed E-state index contributed by atoms with van der Waals surface area (Å²) >= 11 is 5.13. The van der Waals surface area contributed by atoms with E-state index in [4.69, 9.17) is 0 Å². The lowest BCUT2D eigenvalue weighted by Crippen LogP contribution is -2.03. The van der Waals surface area contributed by atoms with Crippen LogP contribution in [0.2, 0.25) is 0 Å². The van der Waals surface area contributed by atoms with Crippen LogP contribution in [0.15, 0.2) is 9.85 Å². The highest BCUT2D eigenvalue weighted by molar-refractivity contribution is 9.11. The van der Waals surface area contributed by atoms with Crippen LogP contribution in [0, 0.1) is 12.8 Å². The third-order valence-electron chi connectivity index (χ3n) is 2.61. The summed E-state index contributed by atoms with van der Waals surface area (Å²) in [6.45, 7) is 6.40. The van der Waals surface area contributed by atoms with Gasteiger partial charge in [-0.05, 0) is 46.8 Å². The largest absolute Gasteiger partial charge is 0.388 e. The van der Waals surface area contributed by atoms with Crippen molar-refractivity contribution in [2.24, 2.45) is 5.92 Å². The minimum Gasteiger partial charge on any atom is -0.388 e. The van der Waals surface area contributed by atoms with Gasteiger partial charge in [0.25, 0.3) is 0 Å². The van der Waals surface area contributed by atoms with Crippen molar-refractivity contribution in [1.29, 1.82) is 0 Å². The first-order valence-corrected chi connectivity index (χ1v) is 6.59. The third-order valence-corrected chi connectivity index (χ3v) is 4.18. The predicted octanol–water partition coefficient (Wildman–Crippen LogP) is 4.29. The maximum Gasteiger partial charge on any atom is 0.0803 e. The van der Waals surface area contributed by atoms with E-state index in [1.54, 1.807) is 11.3 Å². The maximum absolute atomic E-state index is 10.0. The number of hydrogen-bond acceptors (Lipinski definition) is 2. The first-order chi connectivity index (χ1) is 6.54. The molecule has 0 saturated carbocycles. The van der Waals surface area contributed by atoms with E-state index in [0.717, 1.165) is 22.2 Å². The lowest BCUT2D eigenvalue weighted by molar-refractivity contribution is 0.146. The number of aliphatic hydroxyl groups is 1.